The smallest absolute Gasteiger partial charge is 0.357 e. The number of esters is 1. The van der Waals surface area contributed by atoms with Crippen molar-refractivity contribution in [1.29, 1.82) is 0 Å². The number of carbonyl (C=O) groups excluding carboxylic acids is 1. The van der Waals surface area contributed by atoms with Crippen LogP contribution >= 0.6 is 0 Å². The predicted octanol–water partition coefficient (Wildman–Crippen LogP) is 5.06. The number of aliphatic hydroxyl groups is 1. The van der Waals surface area contributed by atoms with Crippen LogP contribution in [0.5, 0.6) is 0 Å². The Morgan fingerprint density at radius 2 is 1.79 bits per heavy atom. The highest BCUT2D eigenvalue weighted by Crippen LogP contribution is 2.45. The zero-order valence-electron chi connectivity index (χ0n) is 21.0. The number of likely N-dealkylation sites (tertiary alicyclic amines) is 1. The maximum absolute atomic E-state index is 12.6. The molecule has 1 N–H and O–H groups in total. The summed E-state index contributed by atoms with van der Waals surface area (Å²) in [5.41, 5.74) is 1.75. The van der Waals surface area contributed by atoms with E-state index in [0.29, 0.717) is 18.1 Å². The van der Waals surface area contributed by atoms with Gasteiger partial charge in [-0.2, -0.15) is 0 Å². The van der Waals surface area contributed by atoms with E-state index in [1.54, 1.807) is 6.92 Å². The Hall–Kier alpha value is -1.92. The van der Waals surface area contributed by atoms with Crippen molar-refractivity contribution in [2.45, 2.75) is 109 Å². The van der Waals surface area contributed by atoms with Gasteiger partial charge in [0.15, 0.2) is 11.9 Å². The van der Waals surface area contributed by atoms with Crippen LogP contribution in [0.1, 0.15) is 78.6 Å². The molecule has 2 aliphatic carbocycles. The molecule has 6 atom stereocenters. The highest BCUT2D eigenvalue weighted by Gasteiger charge is 2.45. The van der Waals surface area contributed by atoms with Crippen LogP contribution in [-0.4, -0.2) is 58.7 Å². The van der Waals surface area contributed by atoms with Gasteiger partial charge in [0.05, 0.1) is 18.0 Å². The number of hydrogen-bond acceptors (Lipinski definition) is 6. The second kappa shape index (κ2) is 9.98. The van der Waals surface area contributed by atoms with E-state index in [0.717, 1.165) is 42.5 Å². The average Bonchev–Trinajstić information content (AvgIpc) is 2.83. The second-order valence-corrected chi connectivity index (χ2v) is 11.0. The van der Waals surface area contributed by atoms with Crippen molar-refractivity contribution in [2.24, 2.45) is 16.8 Å². The Bertz CT molecular complexity index is 906. The number of benzene rings is 1. The largest absolute Gasteiger partial charge is 0.461 e. The SMILES string of the molecule is CCOC(=O)C1=Nc2ccccc2N([C@@H]2C[C@H](CC)N(C3CC4CCCC(C4)C3)[C@H](C)C2)C1O. The zero-order chi connectivity index (χ0) is 23.8. The van der Waals surface area contributed by atoms with Crippen molar-refractivity contribution in [3.05, 3.63) is 24.3 Å². The molecule has 2 bridgehead atoms. The molecule has 0 spiro atoms. The van der Waals surface area contributed by atoms with Gasteiger partial charge >= 0.3 is 5.97 Å². The van der Waals surface area contributed by atoms with Gasteiger partial charge in [-0.05, 0) is 76.3 Å². The number of para-hydroxylation sites is 2. The Kier molecular flexibility index (Phi) is 6.99. The van der Waals surface area contributed by atoms with Gasteiger partial charge < -0.3 is 14.7 Å². The van der Waals surface area contributed by atoms with Gasteiger partial charge in [0, 0.05) is 24.2 Å². The number of rotatable bonds is 5. The van der Waals surface area contributed by atoms with E-state index < -0.39 is 12.2 Å². The molecule has 3 fully saturated rings. The molecular formula is C28H41N3O3. The van der Waals surface area contributed by atoms with Gasteiger partial charge in [-0.3, -0.25) is 4.90 Å². The van der Waals surface area contributed by atoms with E-state index in [4.69, 9.17) is 4.74 Å². The lowest BCUT2D eigenvalue weighted by Crippen LogP contribution is -2.61. The number of aliphatic hydroxyl groups excluding tert-OH is 1. The number of fused-ring (bicyclic) bond motifs is 3. The Balaban J connectivity index is 1.40. The minimum absolute atomic E-state index is 0.101. The summed E-state index contributed by atoms with van der Waals surface area (Å²) in [6, 6.07) is 9.63. The molecule has 186 valence electrons. The highest BCUT2D eigenvalue weighted by atomic mass is 16.5. The minimum atomic E-state index is -1.08. The quantitative estimate of drug-likeness (QED) is 0.613. The van der Waals surface area contributed by atoms with Crippen molar-refractivity contribution in [3.8, 4) is 0 Å². The summed E-state index contributed by atoms with van der Waals surface area (Å²) in [6.07, 6.45) is 10.4. The molecule has 3 unspecified atom stereocenters. The van der Waals surface area contributed by atoms with Crippen LogP contribution in [0.3, 0.4) is 0 Å². The fourth-order valence-corrected chi connectivity index (χ4v) is 7.59. The summed E-state index contributed by atoms with van der Waals surface area (Å²) in [4.78, 5) is 22.1. The lowest BCUT2D eigenvalue weighted by atomic mass is 9.69. The van der Waals surface area contributed by atoms with E-state index in [2.05, 4.69) is 28.6 Å². The lowest BCUT2D eigenvalue weighted by molar-refractivity contribution is -0.135. The molecule has 6 heteroatoms. The maximum atomic E-state index is 12.6. The van der Waals surface area contributed by atoms with Crippen LogP contribution in [0.2, 0.25) is 0 Å². The molecule has 34 heavy (non-hydrogen) atoms. The van der Waals surface area contributed by atoms with E-state index >= 15 is 0 Å². The van der Waals surface area contributed by atoms with E-state index in [1.165, 1.54) is 38.5 Å². The third-order valence-electron chi connectivity index (χ3n) is 8.87. The second-order valence-electron chi connectivity index (χ2n) is 11.0. The summed E-state index contributed by atoms with van der Waals surface area (Å²) >= 11 is 0. The maximum Gasteiger partial charge on any atom is 0.357 e. The zero-order valence-corrected chi connectivity index (χ0v) is 21.0. The first kappa shape index (κ1) is 23.8. The summed E-state index contributed by atoms with van der Waals surface area (Å²) in [7, 11) is 0. The molecular weight excluding hydrogens is 426 g/mol. The van der Waals surface area contributed by atoms with Crippen LogP contribution in [0.15, 0.2) is 29.3 Å². The third-order valence-corrected chi connectivity index (χ3v) is 8.87. The summed E-state index contributed by atoms with van der Waals surface area (Å²) in [5, 5.41) is 11.4. The number of piperidine rings is 1. The molecule has 6 nitrogen and oxygen atoms in total. The first-order chi connectivity index (χ1) is 16.5. The number of ether oxygens (including phenoxy) is 1. The van der Waals surface area contributed by atoms with Gasteiger partial charge in [0.25, 0.3) is 0 Å². The number of carbonyl (C=O) groups is 1. The van der Waals surface area contributed by atoms with Crippen LogP contribution in [0.25, 0.3) is 0 Å². The van der Waals surface area contributed by atoms with Crippen molar-refractivity contribution in [3.63, 3.8) is 0 Å². The van der Waals surface area contributed by atoms with Crippen molar-refractivity contribution >= 4 is 23.1 Å². The Morgan fingerprint density at radius 1 is 1.06 bits per heavy atom. The van der Waals surface area contributed by atoms with E-state index in [9.17, 15) is 9.90 Å². The van der Waals surface area contributed by atoms with Gasteiger partial charge in [-0.15, -0.1) is 0 Å². The number of aliphatic imine (C=N–C) groups is 1. The third kappa shape index (κ3) is 4.39. The molecule has 0 amide bonds. The van der Waals surface area contributed by atoms with Gasteiger partial charge in [-0.1, -0.05) is 38.3 Å². The van der Waals surface area contributed by atoms with Gasteiger partial charge in [-0.25, -0.2) is 9.79 Å². The van der Waals surface area contributed by atoms with E-state index in [1.807, 2.05) is 24.3 Å². The Morgan fingerprint density at radius 3 is 2.50 bits per heavy atom. The predicted molar refractivity (Wildman–Crippen MR) is 136 cm³/mol. The van der Waals surface area contributed by atoms with Crippen molar-refractivity contribution in [1.82, 2.24) is 4.90 Å². The summed E-state index contributed by atoms with van der Waals surface area (Å²) < 4.78 is 5.23. The number of nitrogens with zero attached hydrogens (tertiary/aromatic N) is 3. The van der Waals surface area contributed by atoms with Crippen molar-refractivity contribution < 1.29 is 14.6 Å². The first-order valence-electron chi connectivity index (χ1n) is 13.6. The Labute approximate surface area is 204 Å². The lowest BCUT2D eigenvalue weighted by Gasteiger charge is -2.54. The van der Waals surface area contributed by atoms with Crippen LogP contribution in [0, 0.1) is 11.8 Å². The molecule has 0 aromatic heterocycles. The molecule has 4 aliphatic rings. The molecule has 5 rings (SSSR count). The average molecular weight is 468 g/mol. The molecule has 2 aliphatic heterocycles. The molecule has 2 heterocycles. The van der Waals surface area contributed by atoms with Crippen LogP contribution < -0.4 is 4.90 Å². The molecule has 1 aromatic rings. The van der Waals surface area contributed by atoms with Crippen molar-refractivity contribution in [2.75, 3.05) is 11.5 Å². The molecule has 1 saturated heterocycles. The highest BCUT2D eigenvalue weighted by molar-refractivity contribution is 6.39. The molecule has 0 radical (unpaired) electrons. The molecule has 2 saturated carbocycles. The van der Waals surface area contributed by atoms with Gasteiger partial charge in [0.2, 0.25) is 0 Å². The fourth-order valence-electron chi connectivity index (χ4n) is 7.59. The van der Waals surface area contributed by atoms with E-state index in [-0.39, 0.29) is 18.4 Å². The normalized spacial score (nSPS) is 35.9. The van der Waals surface area contributed by atoms with Gasteiger partial charge in [0.1, 0.15) is 0 Å². The summed E-state index contributed by atoms with van der Waals surface area (Å²) in [6.45, 7) is 6.73. The topological polar surface area (TPSA) is 65.4 Å². The number of anilines is 1. The standard InChI is InChI=1S/C28H41N3O3/c1-4-21-17-22(13-18(3)30(21)23-15-19-9-8-10-20(14-19)16-23)31-25-12-7-6-11-24(25)29-26(27(31)32)28(33)34-5-2/h6-7,11-12,18-23,27,32H,4-5,8-10,13-17H2,1-3H3/t18-,19?,20?,21+,22+,23?,27?/m1/s1. The first-order valence-corrected chi connectivity index (χ1v) is 13.6. The van der Waals surface area contributed by atoms with Crippen LogP contribution in [0.4, 0.5) is 11.4 Å². The monoisotopic (exact) mass is 467 g/mol. The minimum Gasteiger partial charge on any atom is -0.461 e. The fraction of sp³-hybridized carbons (Fsp3) is 0.714. The number of hydrogen-bond donors (Lipinski definition) is 1. The summed E-state index contributed by atoms with van der Waals surface area (Å²) in [5.74, 6) is 1.30. The molecule has 1 aromatic carbocycles. The van der Waals surface area contributed by atoms with Crippen LogP contribution in [-0.2, 0) is 9.53 Å².